The zero-order valence-corrected chi connectivity index (χ0v) is 43.3. The predicted molar refractivity (Wildman–Crippen MR) is 264 cm³/mol. The van der Waals surface area contributed by atoms with Crippen molar-refractivity contribution in [2.75, 3.05) is 18.6 Å². The molecule has 26 nitrogen and oxygen atoms in total. The second-order valence-corrected chi connectivity index (χ2v) is 19.9. The molecule has 0 spiro atoms. The van der Waals surface area contributed by atoms with Crippen LogP contribution in [0.15, 0.2) is 12.5 Å². The van der Waals surface area contributed by atoms with Crippen LogP contribution < -0.4 is 59.7 Å². The van der Waals surface area contributed by atoms with Gasteiger partial charge in [-0.05, 0) is 61.4 Å². The number of hydrogen-bond acceptors (Lipinski definition) is 15. The van der Waals surface area contributed by atoms with Gasteiger partial charge in [0, 0.05) is 24.7 Å². The fourth-order valence-electron chi connectivity index (χ4n) is 6.96. The van der Waals surface area contributed by atoms with Gasteiger partial charge in [-0.2, -0.15) is 11.8 Å². The first kappa shape index (κ1) is 63.7. The Morgan fingerprint density at radius 1 is 0.583 bits per heavy atom. The van der Waals surface area contributed by atoms with E-state index in [0.717, 1.165) is 0 Å². The molecule has 10 amide bonds. The van der Waals surface area contributed by atoms with E-state index >= 15 is 0 Å². The number of carboxylic acids is 1. The fraction of sp³-hybridized carbons (Fsp3) is 0.689. The van der Waals surface area contributed by atoms with Crippen molar-refractivity contribution in [3.63, 3.8) is 0 Å². The van der Waals surface area contributed by atoms with Crippen molar-refractivity contribution >= 4 is 76.8 Å². The highest BCUT2D eigenvalue weighted by atomic mass is 32.2. The van der Waals surface area contributed by atoms with Crippen molar-refractivity contribution < 1.29 is 63.0 Å². The van der Waals surface area contributed by atoms with Crippen LogP contribution >= 0.6 is 11.8 Å². The average molecular weight is 1040 g/mol. The van der Waals surface area contributed by atoms with Gasteiger partial charge < -0.3 is 74.9 Å². The number of rotatable bonds is 34. The largest absolute Gasteiger partial charge is 0.480 e. The van der Waals surface area contributed by atoms with Crippen molar-refractivity contribution in [1.82, 2.24) is 52.5 Å². The number of carbonyl (C=O) groups is 11. The van der Waals surface area contributed by atoms with E-state index in [1.54, 1.807) is 61.6 Å². The summed E-state index contributed by atoms with van der Waals surface area (Å²) < 4.78 is 0. The molecule has 0 aromatic carbocycles. The third-order valence-electron chi connectivity index (χ3n) is 10.9. The molecule has 0 bridgehead atoms. The molecule has 0 aliphatic heterocycles. The normalized spacial score (nSPS) is 15.1. The minimum Gasteiger partial charge on any atom is -0.480 e. The number of carbonyl (C=O) groups excluding carboxylic acids is 10. The zero-order valence-electron chi connectivity index (χ0n) is 42.5. The van der Waals surface area contributed by atoms with Crippen molar-refractivity contribution in [3.8, 4) is 0 Å². The highest BCUT2D eigenvalue weighted by Gasteiger charge is 2.36. The molecule has 0 fully saturated rings. The summed E-state index contributed by atoms with van der Waals surface area (Å²) in [5, 5.41) is 39.9. The van der Waals surface area contributed by atoms with Crippen LogP contribution in [0.5, 0.6) is 0 Å². The molecular weight excluding hydrogens is 963 g/mol. The lowest BCUT2D eigenvalue weighted by Gasteiger charge is -2.28. The number of aliphatic hydroxyl groups is 1. The predicted octanol–water partition coefficient (Wildman–Crippen LogP) is -3.47. The first-order chi connectivity index (χ1) is 33.6. The van der Waals surface area contributed by atoms with E-state index in [-0.39, 0.29) is 50.4 Å². The number of H-pyrrole nitrogens is 1. The first-order valence-corrected chi connectivity index (χ1v) is 25.1. The second kappa shape index (κ2) is 31.9. The molecule has 27 heteroatoms. The highest BCUT2D eigenvalue weighted by Crippen LogP contribution is 2.12. The molecule has 9 atom stereocenters. The standard InChI is InChI=1S/C45H77N13O13S/c1-21(2)14-28(53-43(68)32(19-59)56-38(63)27(12-13-72-9)51-44(69)35(23(5)6)57-37(62)26(46)10-11-33(47)60)39(64)54-30(16-25-18-49-20-50-25)40(65)55-31(17-34(48)61)41(66)52-29(15-22(3)4)42(67)58-36(24(7)8)45(70)71/h18,20-24,26-32,35-36,59H,10-17,19,46H2,1-9H3,(H2,47,60)(H2,48,61)(H,49,50)(H,51,69)(H,52,66)(H,53,68)(H,54,64)(H,55,65)(H,56,63)(H,57,62)(H,58,67)(H,70,71)/t26-,27-,28-,29-,30-,31-,32-,35-,36-/m0/s1. The van der Waals surface area contributed by atoms with E-state index in [4.69, 9.17) is 17.2 Å². The van der Waals surface area contributed by atoms with Crippen LogP contribution in [0.3, 0.4) is 0 Å². The van der Waals surface area contributed by atoms with Crippen LogP contribution in [0, 0.1) is 23.7 Å². The number of nitrogens with two attached hydrogens (primary N) is 3. The topological polar surface area (TPSA) is 431 Å². The molecule has 0 aliphatic rings. The van der Waals surface area contributed by atoms with Gasteiger partial charge in [0.2, 0.25) is 59.1 Å². The van der Waals surface area contributed by atoms with Gasteiger partial charge in [-0.1, -0.05) is 55.4 Å². The Labute approximate surface area is 423 Å². The van der Waals surface area contributed by atoms with Crippen LogP contribution in [-0.4, -0.2) is 158 Å². The molecule has 1 aromatic heterocycles. The van der Waals surface area contributed by atoms with Crippen LogP contribution in [0.2, 0.25) is 0 Å². The maximum atomic E-state index is 14.1. The van der Waals surface area contributed by atoms with Crippen molar-refractivity contribution in [1.29, 1.82) is 0 Å². The van der Waals surface area contributed by atoms with E-state index in [9.17, 15) is 63.0 Å². The molecule has 0 radical (unpaired) electrons. The van der Waals surface area contributed by atoms with Crippen LogP contribution in [-0.2, 0) is 59.2 Å². The van der Waals surface area contributed by atoms with Gasteiger partial charge in [-0.3, -0.25) is 47.9 Å². The number of imidazole rings is 1. The number of thioether (sulfide) groups is 1. The zero-order chi connectivity index (χ0) is 55.0. The van der Waals surface area contributed by atoms with Gasteiger partial charge in [0.25, 0.3) is 0 Å². The van der Waals surface area contributed by atoms with E-state index in [1.165, 1.54) is 24.3 Å². The molecule has 0 saturated heterocycles. The van der Waals surface area contributed by atoms with Crippen molar-refractivity contribution in [2.24, 2.45) is 40.9 Å². The molecule has 1 rings (SSSR count). The number of primary amides is 2. The minimum atomic E-state index is -1.70. The number of carboxylic acid groups (broad SMARTS) is 1. The van der Waals surface area contributed by atoms with Gasteiger partial charge in [0.15, 0.2) is 0 Å². The lowest BCUT2D eigenvalue weighted by molar-refractivity contribution is -0.143. The highest BCUT2D eigenvalue weighted by molar-refractivity contribution is 7.98. The summed E-state index contributed by atoms with van der Waals surface area (Å²) >= 11 is 1.35. The SMILES string of the molecule is CSCC[C@H](NC(=O)[C@@H](NC(=O)[C@@H](N)CCC(N)=O)C(C)C)C(=O)N[C@@H](CO)C(=O)N[C@@H](CC(C)C)C(=O)N[C@@H](Cc1cnc[nH]1)C(=O)N[C@@H](CC(N)=O)C(=O)N[C@@H](CC(C)C)C(=O)N[C@H](C(=O)O)C(C)C. The molecule has 17 N–H and O–H groups in total. The molecule has 0 saturated carbocycles. The number of nitrogens with zero attached hydrogens (tertiary/aromatic N) is 1. The summed E-state index contributed by atoms with van der Waals surface area (Å²) in [6, 6.07) is -12.5. The lowest BCUT2D eigenvalue weighted by Crippen LogP contribution is -2.61. The smallest absolute Gasteiger partial charge is 0.326 e. The number of nitrogens with one attached hydrogen (secondary N) is 9. The first-order valence-electron chi connectivity index (χ1n) is 23.7. The fourth-order valence-corrected chi connectivity index (χ4v) is 7.43. The molecule has 1 aromatic rings. The summed E-state index contributed by atoms with van der Waals surface area (Å²) in [7, 11) is 0. The van der Waals surface area contributed by atoms with Crippen LogP contribution in [0.25, 0.3) is 0 Å². The summed E-state index contributed by atoms with van der Waals surface area (Å²) in [6.07, 6.45) is 3.21. The van der Waals surface area contributed by atoms with Crippen molar-refractivity contribution in [2.45, 2.75) is 155 Å². The summed E-state index contributed by atoms with van der Waals surface area (Å²) in [5.74, 6) is -11.3. The molecule has 406 valence electrons. The Hall–Kier alpha value is -6.35. The lowest BCUT2D eigenvalue weighted by atomic mass is 9.99. The molecule has 0 aliphatic carbocycles. The summed E-state index contributed by atoms with van der Waals surface area (Å²) in [6.45, 7) is 12.5. The average Bonchev–Trinajstić information content (AvgIpc) is 3.80. The van der Waals surface area contributed by atoms with Gasteiger partial charge in [0.05, 0.1) is 25.4 Å². The molecule has 0 unspecified atom stereocenters. The van der Waals surface area contributed by atoms with Crippen LogP contribution in [0.4, 0.5) is 0 Å². The van der Waals surface area contributed by atoms with E-state index < -0.39 is 144 Å². The van der Waals surface area contributed by atoms with E-state index in [1.807, 2.05) is 0 Å². The number of aromatic amines is 1. The number of amides is 10. The van der Waals surface area contributed by atoms with Gasteiger partial charge in [0.1, 0.15) is 48.3 Å². The van der Waals surface area contributed by atoms with Crippen LogP contribution in [0.1, 0.15) is 99.6 Å². The number of aromatic nitrogens is 2. The maximum absolute atomic E-state index is 14.1. The molecular formula is C45H77N13O13S. The quantitative estimate of drug-likeness (QED) is 0.0319. The Bertz CT molecular complexity index is 2000. The number of aliphatic carboxylic acids is 1. The number of hydrogen-bond donors (Lipinski definition) is 14. The second-order valence-electron chi connectivity index (χ2n) is 19.0. The maximum Gasteiger partial charge on any atom is 0.326 e. The van der Waals surface area contributed by atoms with E-state index in [2.05, 4.69) is 52.5 Å². The van der Waals surface area contributed by atoms with Gasteiger partial charge >= 0.3 is 5.97 Å². The van der Waals surface area contributed by atoms with Gasteiger partial charge in [-0.15, -0.1) is 0 Å². The Balaban J connectivity index is 3.41. The molecule has 72 heavy (non-hydrogen) atoms. The van der Waals surface area contributed by atoms with Gasteiger partial charge in [-0.25, -0.2) is 9.78 Å². The number of aliphatic hydroxyl groups excluding tert-OH is 1. The third-order valence-corrected chi connectivity index (χ3v) is 11.5. The summed E-state index contributed by atoms with van der Waals surface area (Å²) in [5.41, 5.74) is 16.9. The van der Waals surface area contributed by atoms with E-state index in [0.29, 0.717) is 11.4 Å². The Morgan fingerprint density at radius 2 is 1.03 bits per heavy atom. The Kier molecular flexibility index (Phi) is 28.2. The minimum absolute atomic E-state index is 0.0332. The summed E-state index contributed by atoms with van der Waals surface area (Å²) in [4.78, 5) is 151. The Morgan fingerprint density at radius 3 is 1.49 bits per heavy atom. The van der Waals surface area contributed by atoms with Crippen molar-refractivity contribution in [3.05, 3.63) is 18.2 Å². The monoisotopic (exact) mass is 1040 g/mol. The molecule has 1 heterocycles. The third kappa shape index (κ3) is 23.3.